The third kappa shape index (κ3) is 5.08. The van der Waals surface area contributed by atoms with Gasteiger partial charge in [0.05, 0.1) is 0 Å². The summed E-state index contributed by atoms with van der Waals surface area (Å²) in [7, 11) is 0. The van der Waals surface area contributed by atoms with Crippen molar-refractivity contribution in [2.24, 2.45) is 11.5 Å². The number of esters is 1. The largest absolute Gasteiger partial charge is 0.444 e. The highest BCUT2D eigenvalue weighted by Crippen LogP contribution is 1.93. The molecule has 0 spiro atoms. The van der Waals surface area contributed by atoms with Crippen molar-refractivity contribution in [1.82, 2.24) is 4.90 Å². The number of hydrogen-bond acceptors (Lipinski definition) is 6. The summed E-state index contributed by atoms with van der Waals surface area (Å²) in [5, 5.41) is 0. The summed E-state index contributed by atoms with van der Waals surface area (Å²) in [5.41, 5.74) is 10.4. The fourth-order valence-corrected chi connectivity index (χ4v) is 0.828. The van der Waals surface area contributed by atoms with Gasteiger partial charge in [0.25, 0.3) is 0 Å². The van der Waals surface area contributed by atoms with Crippen molar-refractivity contribution >= 4 is 17.8 Å². The van der Waals surface area contributed by atoms with Crippen molar-refractivity contribution in [3.63, 3.8) is 0 Å². The topological polar surface area (TPSA) is 116 Å². The number of ether oxygens (including phenoxy) is 1. The van der Waals surface area contributed by atoms with E-state index in [0.29, 0.717) is 0 Å². The average molecular weight is 217 g/mol. The third-order valence-corrected chi connectivity index (χ3v) is 1.56. The number of amides is 2. The van der Waals surface area contributed by atoms with Crippen LogP contribution in [0.2, 0.25) is 0 Å². The van der Waals surface area contributed by atoms with E-state index in [1.54, 1.807) is 0 Å². The number of hydrogen-bond donors (Lipinski definition) is 2. The second-order valence-electron chi connectivity index (χ2n) is 2.89. The van der Waals surface area contributed by atoms with Crippen molar-refractivity contribution in [2.75, 3.05) is 13.1 Å². The molecule has 0 aliphatic rings. The molecule has 0 fully saturated rings. The van der Waals surface area contributed by atoms with Crippen LogP contribution < -0.4 is 11.5 Å². The van der Waals surface area contributed by atoms with E-state index in [0.717, 1.165) is 4.90 Å². The van der Waals surface area contributed by atoms with Gasteiger partial charge in [-0.3, -0.25) is 25.0 Å². The zero-order valence-corrected chi connectivity index (χ0v) is 8.73. The lowest BCUT2D eigenvalue weighted by Crippen LogP contribution is -2.42. The molecule has 0 saturated carbocycles. The van der Waals surface area contributed by atoms with Gasteiger partial charge in [-0.1, -0.05) is 0 Å². The van der Waals surface area contributed by atoms with Gasteiger partial charge in [0.2, 0.25) is 11.8 Å². The maximum Gasteiger partial charge on any atom is 0.327 e. The van der Waals surface area contributed by atoms with Gasteiger partial charge in [-0.25, -0.2) is 0 Å². The molecule has 0 heterocycles. The van der Waals surface area contributed by atoms with Crippen LogP contribution in [0, 0.1) is 0 Å². The Morgan fingerprint density at radius 3 is 2.07 bits per heavy atom. The van der Waals surface area contributed by atoms with Crippen LogP contribution in [0.3, 0.4) is 0 Å². The molecule has 7 heteroatoms. The monoisotopic (exact) mass is 217 g/mol. The fraction of sp³-hybridized carbons (Fsp3) is 0.625. The quantitative estimate of drug-likeness (QED) is 0.422. The van der Waals surface area contributed by atoms with Crippen molar-refractivity contribution in [2.45, 2.75) is 20.1 Å². The summed E-state index contributed by atoms with van der Waals surface area (Å²) in [6, 6.07) is 0. The average Bonchev–Trinajstić information content (AvgIpc) is 2.12. The number of carbonyl (C=O) groups is 3. The van der Waals surface area contributed by atoms with Crippen LogP contribution in [0.4, 0.5) is 0 Å². The van der Waals surface area contributed by atoms with Crippen molar-refractivity contribution in [3.8, 4) is 0 Å². The molecule has 0 aromatic carbocycles. The fourth-order valence-electron chi connectivity index (χ4n) is 0.828. The van der Waals surface area contributed by atoms with E-state index in [9.17, 15) is 14.4 Å². The Hall–Kier alpha value is -1.47. The first-order chi connectivity index (χ1) is 6.88. The standard InChI is InChI=1S/C8H15N3O4/c1-5(12)11(6(2)13)4-8(14)15-7(10)3-9/h7H,3-4,9-10H2,1-2H3. The molecule has 0 radical (unpaired) electrons. The molecule has 0 aliphatic carbocycles. The first-order valence-electron chi connectivity index (χ1n) is 4.32. The number of rotatable bonds is 4. The van der Waals surface area contributed by atoms with E-state index in [4.69, 9.17) is 11.5 Å². The van der Waals surface area contributed by atoms with Gasteiger partial charge in [-0.2, -0.15) is 0 Å². The summed E-state index contributed by atoms with van der Waals surface area (Å²) in [4.78, 5) is 33.7. The van der Waals surface area contributed by atoms with Crippen LogP contribution >= 0.6 is 0 Å². The van der Waals surface area contributed by atoms with Gasteiger partial charge < -0.3 is 10.5 Å². The Kier molecular flexibility index (Phi) is 5.50. The molecule has 4 N–H and O–H groups in total. The smallest absolute Gasteiger partial charge is 0.327 e. The van der Waals surface area contributed by atoms with Gasteiger partial charge in [-0.05, 0) is 0 Å². The third-order valence-electron chi connectivity index (χ3n) is 1.56. The van der Waals surface area contributed by atoms with E-state index < -0.39 is 30.6 Å². The maximum atomic E-state index is 11.1. The molecule has 86 valence electrons. The highest BCUT2D eigenvalue weighted by atomic mass is 16.6. The van der Waals surface area contributed by atoms with E-state index in [2.05, 4.69) is 4.74 Å². The van der Waals surface area contributed by atoms with Gasteiger partial charge in [0.1, 0.15) is 6.54 Å². The van der Waals surface area contributed by atoms with E-state index >= 15 is 0 Å². The molecule has 0 aromatic heterocycles. The van der Waals surface area contributed by atoms with Gasteiger partial charge in [0, 0.05) is 20.4 Å². The molecule has 0 bridgehead atoms. The molecule has 2 amide bonds. The van der Waals surface area contributed by atoms with Crippen LogP contribution in [0.25, 0.3) is 0 Å². The lowest BCUT2D eigenvalue weighted by Gasteiger charge is -2.17. The second-order valence-corrected chi connectivity index (χ2v) is 2.89. The summed E-state index contributed by atoms with van der Waals surface area (Å²) >= 11 is 0. The summed E-state index contributed by atoms with van der Waals surface area (Å²) in [5.74, 6) is -1.82. The predicted octanol–water partition coefficient (Wildman–Crippen LogP) is -1.83. The molecular weight excluding hydrogens is 202 g/mol. The maximum absolute atomic E-state index is 11.1. The lowest BCUT2D eigenvalue weighted by molar-refractivity contribution is -0.157. The molecule has 0 saturated heterocycles. The lowest BCUT2D eigenvalue weighted by atomic mass is 10.4. The minimum absolute atomic E-state index is 0.0219. The normalized spacial score (nSPS) is 11.7. The second kappa shape index (κ2) is 6.10. The summed E-state index contributed by atoms with van der Waals surface area (Å²) in [6.45, 7) is 1.89. The van der Waals surface area contributed by atoms with E-state index in [-0.39, 0.29) is 6.54 Å². The summed E-state index contributed by atoms with van der Waals surface area (Å²) in [6.07, 6.45) is -0.918. The van der Waals surface area contributed by atoms with E-state index in [1.807, 2.05) is 0 Å². The Morgan fingerprint density at radius 1 is 1.27 bits per heavy atom. The van der Waals surface area contributed by atoms with Crippen molar-refractivity contribution in [3.05, 3.63) is 0 Å². The summed E-state index contributed by atoms with van der Waals surface area (Å²) < 4.78 is 4.60. The Bertz CT molecular complexity index is 253. The molecule has 0 aliphatic heterocycles. The Balaban J connectivity index is 4.24. The predicted molar refractivity (Wildman–Crippen MR) is 51.2 cm³/mol. The molecule has 15 heavy (non-hydrogen) atoms. The van der Waals surface area contributed by atoms with Crippen molar-refractivity contribution < 1.29 is 19.1 Å². The molecule has 0 aromatic rings. The Labute approximate surface area is 87.3 Å². The van der Waals surface area contributed by atoms with Gasteiger partial charge in [-0.15, -0.1) is 0 Å². The number of nitrogens with zero attached hydrogens (tertiary/aromatic N) is 1. The van der Waals surface area contributed by atoms with Crippen LogP contribution in [0.15, 0.2) is 0 Å². The van der Waals surface area contributed by atoms with E-state index in [1.165, 1.54) is 13.8 Å². The molecule has 1 unspecified atom stereocenters. The zero-order chi connectivity index (χ0) is 12.0. The minimum Gasteiger partial charge on any atom is -0.444 e. The SMILES string of the molecule is CC(=O)N(CC(=O)OC(N)CN)C(C)=O. The zero-order valence-electron chi connectivity index (χ0n) is 8.73. The molecule has 0 rings (SSSR count). The molecule has 1 atom stereocenters. The van der Waals surface area contributed by atoms with Gasteiger partial charge in [0.15, 0.2) is 6.23 Å². The highest BCUT2D eigenvalue weighted by Gasteiger charge is 2.19. The minimum atomic E-state index is -0.918. The number of imide groups is 1. The first-order valence-corrected chi connectivity index (χ1v) is 4.32. The number of carbonyl (C=O) groups excluding carboxylic acids is 3. The van der Waals surface area contributed by atoms with Crippen LogP contribution in [0.1, 0.15) is 13.8 Å². The van der Waals surface area contributed by atoms with Gasteiger partial charge >= 0.3 is 5.97 Å². The molecular formula is C8H15N3O4. The first kappa shape index (κ1) is 13.5. The van der Waals surface area contributed by atoms with Crippen molar-refractivity contribution in [1.29, 1.82) is 0 Å². The number of nitrogens with two attached hydrogens (primary N) is 2. The van der Waals surface area contributed by atoms with Crippen LogP contribution in [0.5, 0.6) is 0 Å². The molecule has 7 nitrogen and oxygen atoms in total. The highest BCUT2D eigenvalue weighted by molar-refractivity contribution is 5.96. The Morgan fingerprint density at radius 2 is 1.73 bits per heavy atom. The van der Waals surface area contributed by atoms with Crippen LogP contribution in [-0.2, 0) is 19.1 Å². The van der Waals surface area contributed by atoms with Crippen LogP contribution in [-0.4, -0.2) is 42.0 Å².